The minimum Gasteiger partial charge on any atom is -0.353 e. The van der Waals surface area contributed by atoms with E-state index in [4.69, 9.17) is 0 Å². The average molecular weight is 351 g/mol. The highest BCUT2D eigenvalue weighted by Crippen LogP contribution is 2.32. The Hall–Kier alpha value is -1.17. The largest absolute Gasteiger partial charge is 0.353 e. The zero-order chi connectivity index (χ0) is 17.2. The van der Waals surface area contributed by atoms with Crippen molar-refractivity contribution in [3.63, 3.8) is 0 Å². The highest BCUT2D eigenvalue weighted by atomic mass is 32.1. The molecule has 134 valence electrons. The SMILES string of the molecule is CC(C)(C)c1nnc(N2CCC(CC(=O)NC3CCCC3)CC2)s1. The van der Waals surface area contributed by atoms with Crippen LogP contribution in [0.5, 0.6) is 0 Å². The van der Waals surface area contributed by atoms with E-state index in [-0.39, 0.29) is 11.3 Å². The van der Waals surface area contributed by atoms with Crippen molar-refractivity contribution in [3.05, 3.63) is 5.01 Å². The summed E-state index contributed by atoms with van der Waals surface area (Å²) in [5, 5.41) is 14.1. The van der Waals surface area contributed by atoms with Crippen molar-refractivity contribution in [2.24, 2.45) is 5.92 Å². The fraction of sp³-hybridized carbons (Fsp3) is 0.833. The Bertz CT molecular complexity index is 552. The van der Waals surface area contributed by atoms with Crippen LogP contribution in [0.1, 0.15) is 70.7 Å². The summed E-state index contributed by atoms with van der Waals surface area (Å²) in [4.78, 5) is 14.5. The molecule has 1 aliphatic carbocycles. The van der Waals surface area contributed by atoms with Crippen molar-refractivity contribution in [3.8, 4) is 0 Å². The monoisotopic (exact) mass is 350 g/mol. The van der Waals surface area contributed by atoms with Gasteiger partial charge in [0.1, 0.15) is 5.01 Å². The summed E-state index contributed by atoms with van der Waals surface area (Å²) >= 11 is 1.71. The Morgan fingerprint density at radius 3 is 2.42 bits per heavy atom. The van der Waals surface area contributed by atoms with Crippen LogP contribution in [-0.2, 0) is 10.2 Å². The molecule has 6 heteroatoms. The maximum atomic E-state index is 12.2. The lowest BCUT2D eigenvalue weighted by atomic mass is 9.93. The van der Waals surface area contributed by atoms with E-state index in [9.17, 15) is 4.79 Å². The number of anilines is 1. The fourth-order valence-electron chi connectivity index (χ4n) is 3.59. The second-order valence-corrected chi connectivity index (χ2v) is 9.28. The average Bonchev–Trinajstić information content (AvgIpc) is 3.18. The highest BCUT2D eigenvalue weighted by Gasteiger charge is 2.26. The van der Waals surface area contributed by atoms with Gasteiger partial charge >= 0.3 is 0 Å². The van der Waals surface area contributed by atoms with Crippen molar-refractivity contribution in [2.45, 2.75) is 77.2 Å². The molecule has 0 unspecified atom stereocenters. The van der Waals surface area contributed by atoms with Gasteiger partial charge < -0.3 is 10.2 Å². The predicted molar refractivity (Wildman–Crippen MR) is 98.6 cm³/mol. The molecule has 0 radical (unpaired) electrons. The third kappa shape index (κ3) is 4.47. The van der Waals surface area contributed by atoms with Gasteiger partial charge in [-0.2, -0.15) is 0 Å². The number of carbonyl (C=O) groups excluding carboxylic acids is 1. The fourth-order valence-corrected chi connectivity index (χ4v) is 4.55. The van der Waals surface area contributed by atoms with Crippen LogP contribution in [0.25, 0.3) is 0 Å². The first-order valence-electron chi connectivity index (χ1n) is 9.30. The van der Waals surface area contributed by atoms with Crippen LogP contribution in [0.3, 0.4) is 0 Å². The van der Waals surface area contributed by atoms with Gasteiger partial charge in [0.15, 0.2) is 0 Å². The lowest BCUT2D eigenvalue weighted by molar-refractivity contribution is -0.122. The predicted octanol–water partition coefficient (Wildman–Crippen LogP) is 3.50. The van der Waals surface area contributed by atoms with Crippen molar-refractivity contribution in [2.75, 3.05) is 18.0 Å². The smallest absolute Gasteiger partial charge is 0.220 e. The molecule has 1 amide bonds. The molecule has 1 saturated heterocycles. The van der Waals surface area contributed by atoms with E-state index >= 15 is 0 Å². The summed E-state index contributed by atoms with van der Waals surface area (Å²) in [6.45, 7) is 8.49. The number of nitrogens with one attached hydrogen (secondary N) is 1. The minimum absolute atomic E-state index is 0.0621. The van der Waals surface area contributed by atoms with Crippen molar-refractivity contribution in [1.29, 1.82) is 0 Å². The number of carbonyl (C=O) groups is 1. The lowest BCUT2D eigenvalue weighted by Gasteiger charge is -2.31. The summed E-state index contributed by atoms with van der Waals surface area (Å²) in [6, 6.07) is 0.440. The number of aromatic nitrogens is 2. The molecule has 1 N–H and O–H groups in total. The second-order valence-electron chi connectivity index (χ2n) is 8.32. The number of amides is 1. The van der Waals surface area contributed by atoms with Crippen molar-refractivity contribution in [1.82, 2.24) is 15.5 Å². The zero-order valence-corrected chi connectivity index (χ0v) is 16.0. The first-order valence-corrected chi connectivity index (χ1v) is 10.1. The minimum atomic E-state index is 0.0621. The van der Waals surface area contributed by atoms with Gasteiger partial charge in [-0.3, -0.25) is 4.79 Å². The van der Waals surface area contributed by atoms with E-state index in [1.807, 2.05) is 0 Å². The molecule has 2 fully saturated rings. The van der Waals surface area contributed by atoms with Crippen LogP contribution in [0, 0.1) is 5.92 Å². The van der Waals surface area contributed by atoms with Crippen LogP contribution in [0.2, 0.25) is 0 Å². The number of rotatable bonds is 4. The van der Waals surface area contributed by atoms with Gasteiger partial charge in [0.05, 0.1) is 0 Å². The number of nitrogens with zero attached hydrogens (tertiary/aromatic N) is 3. The molecule has 1 aromatic rings. The number of piperidine rings is 1. The molecule has 0 bridgehead atoms. The van der Waals surface area contributed by atoms with Gasteiger partial charge in [0, 0.05) is 31.0 Å². The summed E-state index contributed by atoms with van der Waals surface area (Å²) in [7, 11) is 0. The van der Waals surface area contributed by atoms with Crippen molar-refractivity contribution >= 4 is 22.4 Å². The first-order chi connectivity index (χ1) is 11.4. The lowest BCUT2D eigenvalue weighted by Crippen LogP contribution is -2.38. The van der Waals surface area contributed by atoms with Gasteiger partial charge in [0.2, 0.25) is 11.0 Å². The van der Waals surface area contributed by atoms with Gasteiger partial charge in [-0.15, -0.1) is 10.2 Å². The van der Waals surface area contributed by atoms with E-state index in [0.717, 1.165) is 48.9 Å². The normalized spacial score (nSPS) is 20.5. The first kappa shape index (κ1) is 17.6. The molecule has 24 heavy (non-hydrogen) atoms. The van der Waals surface area contributed by atoms with E-state index < -0.39 is 0 Å². The Morgan fingerprint density at radius 2 is 1.83 bits per heavy atom. The maximum absolute atomic E-state index is 12.2. The molecule has 0 atom stereocenters. The third-order valence-corrected chi connectivity index (χ3v) is 6.55. The van der Waals surface area contributed by atoms with E-state index in [0.29, 0.717) is 18.4 Å². The second kappa shape index (κ2) is 7.38. The standard InChI is InChI=1S/C18H30N4OS/c1-18(2,3)16-20-21-17(24-16)22-10-8-13(9-11-22)12-15(23)19-14-6-4-5-7-14/h13-14H,4-12H2,1-3H3,(H,19,23). The summed E-state index contributed by atoms with van der Waals surface area (Å²) < 4.78 is 0. The molecule has 1 saturated carbocycles. The van der Waals surface area contributed by atoms with Crippen LogP contribution in [-0.4, -0.2) is 35.2 Å². The summed E-state index contributed by atoms with van der Waals surface area (Å²) in [5.41, 5.74) is 0.0621. The highest BCUT2D eigenvalue weighted by molar-refractivity contribution is 7.15. The maximum Gasteiger partial charge on any atom is 0.220 e. The quantitative estimate of drug-likeness (QED) is 0.903. The third-order valence-electron chi connectivity index (χ3n) is 5.14. The topological polar surface area (TPSA) is 58.1 Å². The molecule has 1 aromatic heterocycles. The van der Waals surface area contributed by atoms with E-state index in [2.05, 4.69) is 41.2 Å². The summed E-state index contributed by atoms with van der Waals surface area (Å²) in [6.07, 6.45) is 7.69. The molecule has 1 aliphatic heterocycles. The van der Waals surface area contributed by atoms with E-state index in [1.165, 1.54) is 12.8 Å². The molecule has 2 heterocycles. The molecule has 0 aromatic carbocycles. The van der Waals surface area contributed by atoms with Gasteiger partial charge in [-0.25, -0.2) is 0 Å². The van der Waals surface area contributed by atoms with Gasteiger partial charge in [-0.05, 0) is 31.6 Å². The van der Waals surface area contributed by atoms with E-state index in [1.54, 1.807) is 11.3 Å². The Kier molecular flexibility index (Phi) is 5.42. The number of hydrogen-bond donors (Lipinski definition) is 1. The van der Waals surface area contributed by atoms with Gasteiger partial charge in [-0.1, -0.05) is 44.9 Å². The number of hydrogen-bond acceptors (Lipinski definition) is 5. The molecule has 2 aliphatic rings. The molecule has 0 spiro atoms. The van der Waals surface area contributed by atoms with Crippen LogP contribution < -0.4 is 10.2 Å². The molecule has 3 rings (SSSR count). The Balaban J connectivity index is 1.45. The summed E-state index contributed by atoms with van der Waals surface area (Å²) in [5.74, 6) is 0.768. The zero-order valence-electron chi connectivity index (χ0n) is 15.2. The Labute approximate surface area is 149 Å². The Morgan fingerprint density at radius 1 is 1.17 bits per heavy atom. The van der Waals surface area contributed by atoms with Crippen molar-refractivity contribution < 1.29 is 4.79 Å². The van der Waals surface area contributed by atoms with Crippen LogP contribution >= 0.6 is 11.3 Å². The van der Waals surface area contributed by atoms with Crippen LogP contribution in [0.4, 0.5) is 5.13 Å². The van der Waals surface area contributed by atoms with Crippen LogP contribution in [0.15, 0.2) is 0 Å². The molecule has 5 nitrogen and oxygen atoms in total. The van der Waals surface area contributed by atoms with Gasteiger partial charge in [0.25, 0.3) is 0 Å². The molecular weight excluding hydrogens is 320 g/mol. The molecular formula is C18H30N4OS.